The second-order valence-corrected chi connectivity index (χ2v) is 5.99. The molecule has 0 aromatic carbocycles. The van der Waals surface area contributed by atoms with Gasteiger partial charge in [0.1, 0.15) is 5.84 Å². The summed E-state index contributed by atoms with van der Waals surface area (Å²) in [5, 5.41) is 11.2. The number of nitrogens with one attached hydrogen (secondary N) is 1. The topological polar surface area (TPSA) is 105 Å². The summed E-state index contributed by atoms with van der Waals surface area (Å²) in [5.74, 6) is 0.178. The Kier molecular flexibility index (Phi) is 6.35. The van der Waals surface area contributed by atoms with Crippen molar-refractivity contribution in [3.05, 3.63) is 0 Å². The predicted molar refractivity (Wildman–Crippen MR) is 63.9 cm³/mol. The van der Waals surface area contributed by atoms with Crippen molar-refractivity contribution in [1.29, 1.82) is 0 Å². The van der Waals surface area contributed by atoms with E-state index in [-0.39, 0.29) is 30.0 Å². The third-order valence-electron chi connectivity index (χ3n) is 1.98. The Morgan fingerprint density at radius 3 is 2.44 bits per heavy atom. The van der Waals surface area contributed by atoms with E-state index in [2.05, 4.69) is 9.88 Å². The number of sulfonamides is 1. The van der Waals surface area contributed by atoms with Crippen molar-refractivity contribution in [2.24, 2.45) is 16.8 Å². The molecule has 96 valence electrons. The highest BCUT2D eigenvalue weighted by Crippen LogP contribution is 2.04. The Hall–Kier alpha value is -0.820. The molecular weight excluding hydrogens is 230 g/mol. The van der Waals surface area contributed by atoms with Crippen LogP contribution in [-0.2, 0) is 10.0 Å². The van der Waals surface area contributed by atoms with Gasteiger partial charge in [0.25, 0.3) is 0 Å². The van der Waals surface area contributed by atoms with Gasteiger partial charge in [0.15, 0.2) is 0 Å². The summed E-state index contributed by atoms with van der Waals surface area (Å²) in [6.07, 6.45) is 0.803. The summed E-state index contributed by atoms with van der Waals surface area (Å²) in [6, 6.07) is -0.320. The second-order valence-electron chi connectivity index (χ2n) is 4.19. The zero-order valence-corrected chi connectivity index (χ0v) is 10.8. The van der Waals surface area contributed by atoms with Gasteiger partial charge < -0.3 is 10.9 Å². The third kappa shape index (κ3) is 6.62. The van der Waals surface area contributed by atoms with Crippen LogP contribution in [0.3, 0.4) is 0 Å². The number of amidine groups is 1. The molecule has 4 N–H and O–H groups in total. The van der Waals surface area contributed by atoms with Gasteiger partial charge in [0.2, 0.25) is 10.0 Å². The van der Waals surface area contributed by atoms with Crippen molar-refractivity contribution >= 4 is 15.9 Å². The van der Waals surface area contributed by atoms with Gasteiger partial charge >= 0.3 is 0 Å². The lowest BCUT2D eigenvalue weighted by Gasteiger charge is -2.17. The van der Waals surface area contributed by atoms with Crippen LogP contribution in [0.2, 0.25) is 0 Å². The normalized spacial score (nSPS) is 15.4. The number of nitrogens with zero attached hydrogens (tertiary/aromatic N) is 1. The summed E-state index contributed by atoms with van der Waals surface area (Å²) < 4.78 is 25.8. The number of rotatable bonds is 7. The van der Waals surface area contributed by atoms with Crippen molar-refractivity contribution in [3.8, 4) is 0 Å². The molecule has 0 aromatic heterocycles. The van der Waals surface area contributed by atoms with Gasteiger partial charge in [0, 0.05) is 12.5 Å². The lowest BCUT2D eigenvalue weighted by molar-refractivity contribution is 0.316. The SMILES string of the molecule is CCC(CC(N)=NO)NS(=O)(=O)CC(C)C. The summed E-state index contributed by atoms with van der Waals surface area (Å²) >= 11 is 0. The highest BCUT2D eigenvalue weighted by atomic mass is 32.2. The smallest absolute Gasteiger partial charge is 0.212 e. The second kappa shape index (κ2) is 6.70. The molecule has 0 heterocycles. The van der Waals surface area contributed by atoms with Crippen molar-refractivity contribution in [1.82, 2.24) is 4.72 Å². The largest absolute Gasteiger partial charge is 0.409 e. The number of hydrogen-bond acceptors (Lipinski definition) is 4. The first-order valence-electron chi connectivity index (χ1n) is 5.27. The molecule has 0 aliphatic carbocycles. The standard InChI is InChI=1S/C9H21N3O3S/c1-4-8(5-9(10)11-13)12-16(14,15)6-7(2)3/h7-8,12-13H,4-6H2,1-3H3,(H2,10,11). The average Bonchev–Trinajstić information content (AvgIpc) is 2.13. The molecule has 16 heavy (non-hydrogen) atoms. The molecule has 0 saturated carbocycles. The monoisotopic (exact) mass is 251 g/mol. The van der Waals surface area contributed by atoms with Crippen LogP contribution in [0.25, 0.3) is 0 Å². The highest BCUT2D eigenvalue weighted by Gasteiger charge is 2.18. The molecule has 7 heteroatoms. The molecule has 0 aliphatic rings. The third-order valence-corrected chi connectivity index (χ3v) is 3.77. The summed E-state index contributed by atoms with van der Waals surface area (Å²) in [5.41, 5.74) is 5.33. The fraction of sp³-hybridized carbons (Fsp3) is 0.889. The maximum atomic E-state index is 11.6. The first kappa shape index (κ1) is 15.2. The van der Waals surface area contributed by atoms with Gasteiger partial charge in [-0.25, -0.2) is 13.1 Å². The zero-order chi connectivity index (χ0) is 12.8. The Morgan fingerprint density at radius 1 is 1.50 bits per heavy atom. The molecule has 0 radical (unpaired) electrons. The first-order chi connectivity index (χ1) is 7.30. The van der Waals surface area contributed by atoms with Crippen LogP contribution < -0.4 is 10.5 Å². The molecule has 6 nitrogen and oxygen atoms in total. The van der Waals surface area contributed by atoms with E-state index in [4.69, 9.17) is 10.9 Å². The van der Waals surface area contributed by atoms with E-state index in [1.165, 1.54) is 0 Å². The fourth-order valence-electron chi connectivity index (χ4n) is 1.30. The molecule has 0 aromatic rings. The minimum absolute atomic E-state index is 0.0269. The van der Waals surface area contributed by atoms with Crippen molar-refractivity contribution < 1.29 is 13.6 Å². The van der Waals surface area contributed by atoms with Gasteiger partial charge in [0.05, 0.1) is 5.75 Å². The average molecular weight is 251 g/mol. The summed E-state index contributed by atoms with van der Waals surface area (Å²) in [4.78, 5) is 0. The van der Waals surface area contributed by atoms with E-state index in [1.54, 1.807) is 0 Å². The van der Waals surface area contributed by atoms with E-state index in [0.717, 1.165) is 0 Å². The molecule has 0 aliphatic heterocycles. The highest BCUT2D eigenvalue weighted by molar-refractivity contribution is 7.89. The van der Waals surface area contributed by atoms with Gasteiger partial charge in [-0.05, 0) is 12.3 Å². The molecule has 1 unspecified atom stereocenters. The maximum Gasteiger partial charge on any atom is 0.212 e. The summed E-state index contributed by atoms with van der Waals surface area (Å²) in [6.45, 7) is 5.51. The Bertz CT molecular complexity index is 325. The number of hydrogen-bond donors (Lipinski definition) is 3. The maximum absolute atomic E-state index is 11.6. The van der Waals surface area contributed by atoms with Crippen LogP contribution in [0.15, 0.2) is 5.16 Å². The van der Waals surface area contributed by atoms with E-state index < -0.39 is 10.0 Å². The minimum atomic E-state index is -3.29. The zero-order valence-electron chi connectivity index (χ0n) is 9.97. The molecule has 0 saturated heterocycles. The van der Waals surface area contributed by atoms with Gasteiger partial charge in [-0.1, -0.05) is 25.9 Å². The van der Waals surface area contributed by atoms with E-state index in [9.17, 15) is 8.42 Å². The first-order valence-corrected chi connectivity index (χ1v) is 6.92. The van der Waals surface area contributed by atoms with E-state index in [0.29, 0.717) is 6.42 Å². The molecule has 0 bridgehead atoms. The quantitative estimate of drug-likeness (QED) is 0.265. The van der Waals surface area contributed by atoms with Crippen LogP contribution in [0.1, 0.15) is 33.6 Å². The Labute approximate surface area is 97.0 Å². The number of oxime groups is 1. The molecule has 0 rings (SSSR count). The lowest BCUT2D eigenvalue weighted by atomic mass is 10.1. The van der Waals surface area contributed by atoms with E-state index in [1.807, 2.05) is 20.8 Å². The van der Waals surface area contributed by atoms with Crippen LogP contribution in [0.5, 0.6) is 0 Å². The van der Waals surface area contributed by atoms with Gasteiger partial charge in [-0.15, -0.1) is 0 Å². The van der Waals surface area contributed by atoms with Crippen LogP contribution in [0, 0.1) is 5.92 Å². The van der Waals surface area contributed by atoms with Crippen LogP contribution in [-0.4, -0.2) is 31.3 Å². The van der Waals surface area contributed by atoms with Gasteiger partial charge in [-0.3, -0.25) is 0 Å². The van der Waals surface area contributed by atoms with Crippen molar-refractivity contribution in [2.75, 3.05) is 5.75 Å². The molecule has 1 atom stereocenters. The lowest BCUT2D eigenvalue weighted by Crippen LogP contribution is -2.39. The van der Waals surface area contributed by atoms with Gasteiger partial charge in [-0.2, -0.15) is 0 Å². The molecule has 0 amide bonds. The van der Waals surface area contributed by atoms with E-state index >= 15 is 0 Å². The fourth-order valence-corrected chi connectivity index (χ4v) is 3.04. The summed E-state index contributed by atoms with van der Waals surface area (Å²) in [7, 11) is -3.29. The number of nitrogens with two attached hydrogens (primary N) is 1. The minimum Gasteiger partial charge on any atom is -0.409 e. The molecular formula is C9H21N3O3S. The van der Waals surface area contributed by atoms with Crippen LogP contribution in [0.4, 0.5) is 0 Å². The van der Waals surface area contributed by atoms with Crippen molar-refractivity contribution in [3.63, 3.8) is 0 Å². The van der Waals surface area contributed by atoms with Crippen LogP contribution >= 0.6 is 0 Å². The molecule has 0 fully saturated rings. The Morgan fingerprint density at radius 2 is 2.06 bits per heavy atom. The van der Waals surface area contributed by atoms with Crippen molar-refractivity contribution in [2.45, 2.75) is 39.7 Å². The Balaban J connectivity index is 4.43. The molecule has 0 spiro atoms. The predicted octanol–water partition coefficient (Wildman–Crippen LogP) is 0.477.